The molecule has 1 saturated heterocycles. The Labute approximate surface area is 128 Å². The van der Waals surface area contributed by atoms with Gasteiger partial charge in [0.2, 0.25) is 0 Å². The number of rotatable bonds is 4. The van der Waals surface area contributed by atoms with Gasteiger partial charge in [-0.2, -0.15) is 0 Å². The fraction of sp³-hybridized carbons (Fsp3) is 0.467. The van der Waals surface area contributed by atoms with Gasteiger partial charge in [0.05, 0.1) is 12.0 Å². The van der Waals surface area contributed by atoms with E-state index >= 15 is 0 Å². The number of benzene rings is 1. The first kappa shape index (κ1) is 15.6. The third-order valence-electron chi connectivity index (χ3n) is 3.78. The first-order valence-corrected chi connectivity index (χ1v) is 7.42. The molecular formula is C15H19ClN2O3. The number of carbonyl (C=O) groups is 2. The topological polar surface area (TPSA) is 69.6 Å². The van der Waals surface area contributed by atoms with E-state index in [4.69, 9.17) is 16.7 Å². The summed E-state index contributed by atoms with van der Waals surface area (Å²) in [5.74, 6) is -1.30. The summed E-state index contributed by atoms with van der Waals surface area (Å²) in [6, 6.07) is 7.05. The lowest BCUT2D eigenvalue weighted by atomic mass is 10.1. The van der Waals surface area contributed by atoms with Crippen LogP contribution < -0.4 is 5.32 Å². The molecule has 0 aromatic heterocycles. The van der Waals surface area contributed by atoms with Crippen molar-refractivity contribution in [1.29, 1.82) is 0 Å². The minimum Gasteiger partial charge on any atom is -0.481 e. The molecule has 2 N–H and O–H groups in total. The van der Waals surface area contributed by atoms with Gasteiger partial charge in [0, 0.05) is 18.1 Å². The Kier molecular flexibility index (Phi) is 5.07. The first-order chi connectivity index (χ1) is 10.0. The Morgan fingerprint density at radius 1 is 1.52 bits per heavy atom. The Morgan fingerprint density at radius 3 is 2.86 bits per heavy atom. The summed E-state index contributed by atoms with van der Waals surface area (Å²) < 4.78 is 0. The Morgan fingerprint density at radius 2 is 2.29 bits per heavy atom. The molecule has 0 saturated carbocycles. The molecule has 6 heteroatoms. The molecule has 1 aromatic carbocycles. The summed E-state index contributed by atoms with van der Waals surface area (Å²) in [5, 5.41) is 12.6. The third kappa shape index (κ3) is 3.88. The molecule has 2 rings (SSSR count). The van der Waals surface area contributed by atoms with Gasteiger partial charge < -0.3 is 15.3 Å². The van der Waals surface area contributed by atoms with Crippen molar-refractivity contribution in [3.63, 3.8) is 0 Å². The largest absolute Gasteiger partial charge is 0.481 e. The number of halogens is 1. The van der Waals surface area contributed by atoms with E-state index in [1.165, 1.54) is 0 Å². The Bertz CT molecular complexity index is 535. The van der Waals surface area contributed by atoms with Gasteiger partial charge in [-0.15, -0.1) is 0 Å². The fourth-order valence-corrected chi connectivity index (χ4v) is 2.73. The summed E-state index contributed by atoms with van der Waals surface area (Å²) in [4.78, 5) is 24.7. The summed E-state index contributed by atoms with van der Waals surface area (Å²) >= 11 is 5.98. The van der Waals surface area contributed by atoms with E-state index in [9.17, 15) is 9.59 Å². The van der Waals surface area contributed by atoms with Gasteiger partial charge >= 0.3 is 12.0 Å². The second kappa shape index (κ2) is 6.80. The highest BCUT2D eigenvalue weighted by atomic mass is 35.5. The smallest absolute Gasteiger partial charge is 0.317 e. The third-order valence-corrected chi connectivity index (χ3v) is 4.02. The molecule has 0 spiro atoms. The second-order valence-corrected chi connectivity index (χ2v) is 5.67. The van der Waals surface area contributed by atoms with Crippen molar-refractivity contribution in [2.24, 2.45) is 5.92 Å². The van der Waals surface area contributed by atoms with Crippen LogP contribution in [0.4, 0.5) is 4.79 Å². The van der Waals surface area contributed by atoms with Gasteiger partial charge in [-0.1, -0.05) is 30.7 Å². The number of hydrogen-bond donors (Lipinski definition) is 2. The normalized spacial score (nSPS) is 19.3. The molecule has 1 aliphatic rings. The van der Waals surface area contributed by atoms with Gasteiger partial charge in [-0.25, -0.2) is 4.79 Å². The van der Waals surface area contributed by atoms with Gasteiger partial charge in [-0.3, -0.25) is 4.79 Å². The quantitative estimate of drug-likeness (QED) is 0.898. The highest BCUT2D eigenvalue weighted by Crippen LogP contribution is 2.22. The van der Waals surface area contributed by atoms with Crippen molar-refractivity contribution in [3.8, 4) is 0 Å². The predicted octanol–water partition coefficient (Wildman–Crippen LogP) is 2.91. The zero-order chi connectivity index (χ0) is 15.4. The van der Waals surface area contributed by atoms with Crippen LogP contribution in [-0.4, -0.2) is 35.1 Å². The number of likely N-dealkylation sites (tertiary alicyclic amines) is 1. The molecule has 0 aliphatic carbocycles. The lowest BCUT2D eigenvalue weighted by Crippen LogP contribution is -2.40. The number of carboxylic acid groups (broad SMARTS) is 1. The van der Waals surface area contributed by atoms with Crippen molar-refractivity contribution in [2.45, 2.75) is 25.8 Å². The number of nitrogens with zero attached hydrogens (tertiary/aromatic N) is 1. The van der Waals surface area contributed by atoms with E-state index in [0.717, 1.165) is 12.0 Å². The van der Waals surface area contributed by atoms with Crippen molar-refractivity contribution in [1.82, 2.24) is 10.2 Å². The molecule has 1 aromatic rings. The van der Waals surface area contributed by atoms with E-state index in [1.54, 1.807) is 11.0 Å². The molecule has 1 fully saturated rings. The maximum absolute atomic E-state index is 12.2. The molecule has 0 radical (unpaired) electrons. The number of nitrogens with one attached hydrogen (secondary N) is 1. The van der Waals surface area contributed by atoms with Crippen LogP contribution >= 0.6 is 11.6 Å². The number of carbonyl (C=O) groups excluding carboxylic acids is 1. The molecular weight excluding hydrogens is 292 g/mol. The van der Waals surface area contributed by atoms with E-state index in [0.29, 0.717) is 18.0 Å². The fourth-order valence-electron chi connectivity index (χ4n) is 2.53. The van der Waals surface area contributed by atoms with Crippen LogP contribution in [0.25, 0.3) is 0 Å². The molecule has 114 valence electrons. The SMILES string of the molecule is CCC(NC(=O)N1CCC(C(=O)O)C1)c1cccc(Cl)c1. The standard InChI is InChI=1S/C15H19ClN2O3/c1-2-13(10-4-3-5-12(16)8-10)17-15(21)18-7-6-11(9-18)14(19)20/h3-5,8,11,13H,2,6-7,9H2,1H3,(H,17,21)(H,19,20). The molecule has 21 heavy (non-hydrogen) atoms. The average Bonchev–Trinajstić information content (AvgIpc) is 2.94. The van der Waals surface area contributed by atoms with E-state index in [-0.39, 0.29) is 18.6 Å². The summed E-state index contributed by atoms with van der Waals surface area (Å²) in [5.41, 5.74) is 0.951. The zero-order valence-corrected chi connectivity index (χ0v) is 12.6. The zero-order valence-electron chi connectivity index (χ0n) is 11.9. The van der Waals surface area contributed by atoms with E-state index in [2.05, 4.69) is 5.32 Å². The summed E-state index contributed by atoms with van der Waals surface area (Å²) in [7, 11) is 0. The van der Waals surface area contributed by atoms with Crippen molar-refractivity contribution in [2.75, 3.05) is 13.1 Å². The number of hydrogen-bond acceptors (Lipinski definition) is 2. The van der Waals surface area contributed by atoms with Crippen LogP contribution in [0.2, 0.25) is 5.02 Å². The highest BCUT2D eigenvalue weighted by Gasteiger charge is 2.31. The maximum atomic E-state index is 12.2. The van der Waals surface area contributed by atoms with Crippen molar-refractivity contribution >= 4 is 23.6 Å². The Balaban J connectivity index is 1.99. The monoisotopic (exact) mass is 310 g/mol. The van der Waals surface area contributed by atoms with Crippen LogP contribution in [-0.2, 0) is 4.79 Å². The van der Waals surface area contributed by atoms with Crippen LogP contribution in [0.1, 0.15) is 31.4 Å². The molecule has 2 atom stereocenters. The maximum Gasteiger partial charge on any atom is 0.317 e. The van der Waals surface area contributed by atoms with Crippen LogP contribution in [0.15, 0.2) is 24.3 Å². The predicted molar refractivity (Wildman–Crippen MR) is 80.3 cm³/mol. The van der Waals surface area contributed by atoms with Crippen molar-refractivity contribution in [3.05, 3.63) is 34.9 Å². The second-order valence-electron chi connectivity index (χ2n) is 5.24. The van der Waals surface area contributed by atoms with Crippen LogP contribution in [0.5, 0.6) is 0 Å². The van der Waals surface area contributed by atoms with Gasteiger partial charge in [-0.05, 0) is 30.5 Å². The number of urea groups is 1. The van der Waals surface area contributed by atoms with E-state index < -0.39 is 11.9 Å². The molecule has 0 bridgehead atoms. The molecule has 2 amide bonds. The minimum absolute atomic E-state index is 0.125. The lowest BCUT2D eigenvalue weighted by Gasteiger charge is -2.23. The van der Waals surface area contributed by atoms with E-state index in [1.807, 2.05) is 25.1 Å². The number of amides is 2. The van der Waals surface area contributed by atoms with Gasteiger partial charge in [0.25, 0.3) is 0 Å². The molecule has 1 heterocycles. The molecule has 5 nitrogen and oxygen atoms in total. The van der Waals surface area contributed by atoms with Crippen LogP contribution in [0, 0.1) is 5.92 Å². The highest BCUT2D eigenvalue weighted by molar-refractivity contribution is 6.30. The molecule has 2 unspecified atom stereocenters. The summed E-state index contributed by atoms with van der Waals surface area (Å²) in [6.45, 7) is 2.73. The minimum atomic E-state index is -0.841. The summed E-state index contributed by atoms with van der Waals surface area (Å²) in [6.07, 6.45) is 1.25. The van der Waals surface area contributed by atoms with Gasteiger partial charge in [0.15, 0.2) is 0 Å². The number of carboxylic acids is 1. The molecule has 1 aliphatic heterocycles. The number of aliphatic carboxylic acids is 1. The average molecular weight is 311 g/mol. The lowest BCUT2D eigenvalue weighted by molar-refractivity contribution is -0.141. The van der Waals surface area contributed by atoms with Crippen LogP contribution in [0.3, 0.4) is 0 Å². The Hall–Kier alpha value is -1.75. The van der Waals surface area contributed by atoms with Crippen molar-refractivity contribution < 1.29 is 14.7 Å². The van der Waals surface area contributed by atoms with Gasteiger partial charge in [0.1, 0.15) is 0 Å². The first-order valence-electron chi connectivity index (χ1n) is 7.05.